The van der Waals surface area contributed by atoms with Crippen molar-refractivity contribution in [3.8, 4) is 5.69 Å². The molecule has 0 atom stereocenters. The van der Waals surface area contributed by atoms with Crippen LogP contribution in [0.25, 0.3) is 16.7 Å². The summed E-state index contributed by atoms with van der Waals surface area (Å²) in [7, 11) is 0. The maximum absolute atomic E-state index is 12.9. The summed E-state index contributed by atoms with van der Waals surface area (Å²) in [5.74, 6) is -0.291. The Morgan fingerprint density at radius 3 is 2.69 bits per heavy atom. The third kappa shape index (κ3) is 3.54. The Labute approximate surface area is 167 Å². The molecule has 0 bridgehead atoms. The third-order valence-corrected chi connectivity index (χ3v) is 4.97. The fourth-order valence-corrected chi connectivity index (χ4v) is 3.28. The molecule has 0 spiro atoms. The van der Waals surface area contributed by atoms with Crippen LogP contribution in [0, 0.1) is 20.8 Å². The molecule has 2 aromatic carbocycles. The molecule has 1 N–H and O–H groups in total. The van der Waals surface area contributed by atoms with Crippen molar-refractivity contribution in [1.29, 1.82) is 0 Å². The highest BCUT2D eigenvalue weighted by atomic mass is 16.2. The lowest BCUT2D eigenvalue weighted by Crippen LogP contribution is -2.27. The fraction of sp³-hybridized carbons (Fsp3) is 0.182. The van der Waals surface area contributed by atoms with Gasteiger partial charge in [0, 0.05) is 5.69 Å². The van der Waals surface area contributed by atoms with Crippen LogP contribution in [0.2, 0.25) is 0 Å². The van der Waals surface area contributed by atoms with Gasteiger partial charge in [-0.1, -0.05) is 24.3 Å². The number of aryl methyl sites for hydroxylation is 2. The Balaban J connectivity index is 1.64. The summed E-state index contributed by atoms with van der Waals surface area (Å²) in [6.45, 7) is 5.86. The minimum atomic E-state index is -0.300. The lowest BCUT2D eigenvalue weighted by atomic mass is 10.1. The molecule has 2 heterocycles. The van der Waals surface area contributed by atoms with Crippen molar-refractivity contribution >= 4 is 22.6 Å². The zero-order valence-corrected chi connectivity index (χ0v) is 16.5. The van der Waals surface area contributed by atoms with E-state index in [2.05, 4.69) is 15.4 Å². The SMILES string of the molecule is Cc1cccc(NC(=O)Cn2cnc3c(cnn3-c3cccc(C)c3C)c2=O)c1. The summed E-state index contributed by atoms with van der Waals surface area (Å²) < 4.78 is 2.96. The number of aromatic nitrogens is 4. The number of hydrogen-bond acceptors (Lipinski definition) is 4. The number of anilines is 1. The molecule has 146 valence electrons. The third-order valence-electron chi connectivity index (χ3n) is 4.97. The summed E-state index contributed by atoms with van der Waals surface area (Å²) in [5, 5.41) is 7.54. The molecule has 0 aliphatic rings. The molecule has 2 aromatic heterocycles. The quantitative estimate of drug-likeness (QED) is 0.583. The number of benzene rings is 2. The lowest BCUT2D eigenvalue weighted by molar-refractivity contribution is -0.116. The summed E-state index contributed by atoms with van der Waals surface area (Å²) in [5.41, 5.74) is 4.99. The van der Waals surface area contributed by atoms with Crippen LogP contribution in [0.3, 0.4) is 0 Å². The van der Waals surface area contributed by atoms with Crippen molar-refractivity contribution in [2.24, 2.45) is 0 Å². The summed E-state index contributed by atoms with van der Waals surface area (Å²) in [6.07, 6.45) is 2.89. The van der Waals surface area contributed by atoms with Crippen molar-refractivity contribution in [3.05, 3.63) is 82.0 Å². The number of amides is 1. The molecule has 7 heteroatoms. The molecule has 0 aliphatic carbocycles. The van der Waals surface area contributed by atoms with E-state index in [1.54, 1.807) is 4.68 Å². The van der Waals surface area contributed by atoms with Crippen molar-refractivity contribution in [2.45, 2.75) is 27.3 Å². The van der Waals surface area contributed by atoms with Gasteiger partial charge in [0.05, 0.1) is 11.9 Å². The van der Waals surface area contributed by atoms with Gasteiger partial charge >= 0.3 is 0 Å². The Kier molecular flexibility index (Phi) is 4.72. The number of fused-ring (bicyclic) bond motifs is 1. The van der Waals surface area contributed by atoms with Crippen molar-refractivity contribution < 1.29 is 4.79 Å². The molecule has 0 radical (unpaired) electrons. The largest absolute Gasteiger partial charge is 0.325 e. The second kappa shape index (κ2) is 7.35. The minimum Gasteiger partial charge on any atom is -0.325 e. The molecule has 0 saturated heterocycles. The number of hydrogen-bond donors (Lipinski definition) is 1. The van der Waals surface area contributed by atoms with Crippen molar-refractivity contribution in [2.75, 3.05) is 5.32 Å². The van der Waals surface area contributed by atoms with E-state index in [1.165, 1.54) is 17.1 Å². The maximum atomic E-state index is 12.9. The zero-order chi connectivity index (χ0) is 20.5. The van der Waals surface area contributed by atoms with Gasteiger partial charge in [-0.05, 0) is 55.7 Å². The second-order valence-electron chi connectivity index (χ2n) is 7.11. The van der Waals surface area contributed by atoms with Gasteiger partial charge in [-0.15, -0.1) is 0 Å². The van der Waals surface area contributed by atoms with Gasteiger partial charge in [0.25, 0.3) is 5.56 Å². The van der Waals surface area contributed by atoms with E-state index in [4.69, 9.17) is 0 Å². The van der Waals surface area contributed by atoms with Crippen LogP contribution in [0.1, 0.15) is 16.7 Å². The first kappa shape index (κ1) is 18.6. The van der Waals surface area contributed by atoms with Crippen LogP contribution in [-0.2, 0) is 11.3 Å². The monoisotopic (exact) mass is 387 g/mol. The highest BCUT2D eigenvalue weighted by molar-refractivity contribution is 5.90. The number of carbonyl (C=O) groups is 1. The van der Waals surface area contributed by atoms with Gasteiger partial charge in [-0.2, -0.15) is 5.10 Å². The van der Waals surface area contributed by atoms with Gasteiger partial charge in [0.1, 0.15) is 18.3 Å². The predicted molar refractivity (Wildman–Crippen MR) is 112 cm³/mol. The van der Waals surface area contributed by atoms with E-state index < -0.39 is 0 Å². The summed E-state index contributed by atoms with van der Waals surface area (Å²) in [4.78, 5) is 29.6. The molecule has 1 amide bonds. The van der Waals surface area contributed by atoms with Crippen LogP contribution in [0.4, 0.5) is 5.69 Å². The lowest BCUT2D eigenvalue weighted by Gasteiger charge is -2.10. The van der Waals surface area contributed by atoms with Crippen LogP contribution < -0.4 is 10.9 Å². The van der Waals surface area contributed by atoms with E-state index in [9.17, 15) is 9.59 Å². The zero-order valence-electron chi connectivity index (χ0n) is 16.5. The minimum absolute atomic E-state index is 0.121. The Morgan fingerprint density at radius 2 is 1.90 bits per heavy atom. The van der Waals surface area contributed by atoms with Crippen LogP contribution >= 0.6 is 0 Å². The Hall–Kier alpha value is -3.74. The molecular formula is C22H21N5O2. The van der Waals surface area contributed by atoms with Crippen molar-refractivity contribution in [3.63, 3.8) is 0 Å². The number of carbonyl (C=O) groups excluding carboxylic acids is 1. The summed E-state index contributed by atoms with van der Waals surface area (Å²) >= 11 is 0. The number of nitrogens with zero attached hydrogens (tertiary/aromatic N) is 4. The van der Waals surface area contributed by atoms with Gasteiger partial charge in [0.2, 0.25) is 5.91 Å². The molecule has 0 saturated carbocycles. The van der Waals surface area contributed by atoms with Gasteiger partial charge < -0.3 is 5.32 Å². The molecule has 0 unspecified atom stereocenters. The first-order valence-corrected chi connectivity index (χ1v) is 9.30. The number of nitrogens with one attached hydrogen (secondary N) is 1. The van der Waals surface area contributed by atoms with Crippen LogP contribution in [0.5, 0.6) is 0 Å². The average molecular weight is 387 g/mol. The molecule has 0 aliphatic heterocycles. The molecule has 4 rings (SSSR count). The average Bonchev–Trinajstić information content (AvgIpc) is 3.11. The fourth-order valence-electron chi connectivity index (χ4n) is 3.28. The smallest absolute Gasteiger partial charge is 0.264 e. The topological polar surface area (TPSA) is 81.8 Å². The normalized spacial score (nSPS) is 11.0. The molecule has 0 fully saturated rings. The predicted octanol–water partition coefficient (Wildman–Crippen LogP) is 3.15. The van der Waals surface area contributed by atoms with E-state index in [0.717, 1.165) is 22.4 Å². The second-order valence-corrected chi connectivity index (χ2v) is 7.11. The van der Waals surface area contributed by atoms with E-state index in [-0.39, 0.29) is 18.0 Å². The summed E-state index contributed by atoms with van der Waals surface area (Å²) in [6, 6.07) is 13.4. The van der Waals surface area contributed by atoms with E-state index >= 15 is 0 Å². The van der Waals surface area contributed by atoms with E-state index in [0.29, 0.717) is 16.7 Å². The van der Waals surface area contributed by atoms with Crippen LogP contribution in [-0.4, -0.2) is 25.2 Å². The van der Waals surface area contributed by atoms with Gasteiger partial charge in [-0.3, -0.25) is 14.2 Å². The van der Waals surface area contributed by atoms with Gasteiger partial charge in [0.15, 0.2) is 5.65 Å². The first-order valence-electron chi connectivity index (χ1n) is 9.30. The Bertz CT molecular complexity index is 1290. The molecule has 4 aromatic rings. The molecule has 29 heavy (non-hydrogen) atoms. The first-order chi connectivity index (χ1) is 13.9. The van der Waals surface area contributed by atoms with E-state index in [1.807, 2.05) is 63.2 Å². The number of rotatable bonds is 4. The Morgan fingerprint density at radius 1 is 1.10 bits per heavy atom. The standard InChI is InChI=1S/C22H21N5O2/c1-14-6-4-8-17(10-14)25-20(28)12-26-13-23-21-18(22(26)29)11-24-27(21)19-9-5-7-15(2)16(19)3/h4-11,13H,12H2,1-3H3,(H,25,28). The van der Waals surface area contributed by atoms with Gasteiger partial charge in [-0.25, -0.2) is 9.67 Å². The molecule has 7 nitrogen and oxygen atoms in total. The highest BCUT2D eigenvalue weighted by Gasteiger charge is 2.15. The molecular weight excluding hydrogens is 366 g/mol. The van der Waals surface area contributed by atoms with Crippen molar-refractivity contribution in [1.82, 2.24) is 19.3 Å². The maximum Gasteiger partial charge on any atom is 0.264 e. The van der Waals surface area contributed by atoms with Crippen LogP contribution in [0.15, 0.2) is 59.8 Å². The highest BCUT2D eigenvalue weighted by Crippen LogP contribution is 2.20.